The van der Waals surface area contributed by atoms with Crippen LogP contribution in [0.2, 0.25) is 0 Å². The van der Waals surface area contributed by atoms with Crippen LogP contribution in [0.15, 0.2) is 35.6 Å². The van der Waals surface area contributed by atoms with E-state index in [0.29, 0.717) is 0 Å². The fourth-order valence-corrected chi connectivity index (χ4v) is 3.06. The molecule has 122 valence electrons. The summed E-state index contributed by atoms with van der Waals surface area (Å²) >= 11 is 0. The molecule has 5 heteroatoms. The molecule has 0 bridgehead atoms. The lowest BCUT2D eigenvalue weighted by atomic mass is 10.0. The van der Waals surface area contributed by atoms with Crippen LogP contribution in [0.4, 0.5) is 0 Å². The summed E-state index contributed by atoms with van der Waals surface area (Å²) < 4.78 is 0. The largest absolute Gasteiger partial charge is 0.330 e. The molecule has 1 aliphatic heterocycles. The maximum absolute atomic E-state index is 5.53. The van der Waals surface area contributed by atoms with Gasteiger partial charge in [-0.1, -0.05) is 25.0 Å². The minimum absolute atomic E-state index is 0.260. The molecular weight excluding hydrogens is 286 g/mol. The molecule has 1 unspecified atom stereocenters. The first-order valence-electron chi connectivity index (χ1n) is 8.49. The predicted octanol–water partition coefficient (Wildman–Crippen LogP) is 2.92. The molecule has 0 aliphatic carbocycles. The van der Waals surface area contributed by atoms with Gasteiger partial charge in [0, 0.05) is 25.0 Å². The molecule has 2 N–H and O–H groups in total. The SMILES string of the molecule is CC1=NN(CCCCCCN)CC1c1cnc2ccccc2n1. The zero-order valence-corrected chi connectivity index (χ0v) is 13.8. The number of benzene rings is 1. The second-order valence-corrected chi connectivity index (χ2v) is 6.19. The molecule has 1 aromatic heterocycles. The van der Waals surface area contributed by atoms with Crippen LogP contribution in [0.1, 0.15) is 44.2 Å². The third-order valence-electron chi connectivity index (χ3n) is 4.39. The summed E-state index contributed by atoms with van der Waals surface area (Å²) in [6.07, 6.45) is 6.64. The molecule has 0 fully saturated rings. The van der Waals surface area contributed by atoms with Gasteiger partial charge in [0.05, 0.1) is 22.6 Å². The van der Waals surface area contributed by atoms with Crippen molar-refractivity contribution < 1.29 is 0 Å². The summed E-state index contributed by atoms with van der Waals surface area (Å²) in [7, 11) is 0. The number of nitrogens with zero attached hydrogens (tertiary/aromatic N) is 4. The summed E-state index contributed by atoms with van der Waals surface area (Å²) in [6.45, 7) is 4.81. The second kappa shape index (κ2) is 7.51. The maximum Gasteiger partial charge on any atom is 0.0890 e. The van der Waals surface area contributed by atoms with Crippen LogP contribution in [-0.2, 0) is 0 Å². The molecule has 1 aliphatic rings. The van der Waals surface area contributed by atoms with Crippen molar-refractivity contribution >= 4 is 16.7 Å². The summed E-state index contributed by atoms with van der Waals surface area (Å²) in [5.41, 5.74) is 9.59. The van der Waals surface area contributed by atoms with E-state index in [4.69, 9.17) is 15.8 Å². The van der Waals surface area contributed by atoms with Gasteiger partial charge in [0.15, 0.2) is 0 Å². The number of para-hydroxylation sites is 2. The van der Waals surface area contributed by atoms with E-state index in [2.05, 4.69) is 16.9 Å². The summed E-state index contributed by atoms with van der Waals surface area (Å²) in [5.74, 6) is 0.260. The highest BCUT2D eigenvalue weighted by molar-refractivity contribution is 5.90. The Balaban J connectivity index is 1.61. The Hall–Kier alpha value is -2.01. The zero-order chi connectivity index (χ0) is 16.1. The van der Waals surface area contributed by atoms with E-state index >= 15 is 0 Å². The van der Waals surface area contributed by atoms with Crippen molar-refractivity contribution in [2.24, 2.45) is 10.8 Å². The van der Waals surface area contributed by atoms with Gasteiger partial charge in [-0.3, -0.25) is 9.99 Å². The minimum Gasteiger partial charge on any atom is -0.330 e. The van der Waals surface area contributed by atoms with Gasteiger partial charge < -0.3 is 5.73 Å². The lowest BCUT2D eigenvalue weighted by molar-refractivity contribution is 0.300. The number of nitrogens with two attached hydrogens (primary N) is 1. The van der Waals surface area contributed by atoms with Crippen molar-refractivity contribution in [3.8, 4) is 0 Å². The Bertz CT molecular complexity index is 682. The van der Waals surface area contributed by atoms with Crippen molar-refractivity contribution in [1.29, 1.82) is 0 Å². The second-order valence-electron chi connectivity index (χ2n) is 6.19. The maximum atomic E-state index is 5.53. The number of hydrogen-bond donors (Lipinski definition) is 1. The normalized spacial score (nSPS) is 17.7. The van der Waals surface area contributed by atoms with Crippen molar-refractivity contribution in [2.75, 3.05) is 19.6 Å². The van der Waals surface area contributed by atoms with E-state index in [0.717, 1.165) is 48.5 Å². The molecule has 2 heterocycles. The van der Waals surface area contributed by atoms with Gasteiger partial charge in [0.25, 0.3) is 0 Å². The van der Waals surface area contributed by atoms with Crippen molar-refractivity contribution in [3.63, 3.8) is 0 Å². The van der Waals surface area contributed by atoms with E-state index in [-0.39, 0.29) is 5.92 Å². The summed E-state index contributed by atoms with van der Waals surface area (Å²) in [4.78, 5) is 9.31. The molecule has 23 heavy (non-hydrogen) atoms. The number of unbranched alkanes of at least 4 members (excludes halogenated alkanes) is 3. The molecule has 3 rings (SSSR count). The van der Waals surface area contributed by atoms with Crippen molar-refractivity contribution in [1.82, 2.24) is 15.0 Å². The molecule has 0 saturated carbocycles. The monoisotopic (exact) mass is 311 g/mol. The van der Waals surface area contributed by atoms with Gasteiger partial charge in [0.1, 0.15) is 0 Å². The third-order valence-corrected chi connectivity index (χ3v) is 4.39. The predicted molar refractivity (Wildman–Crippen MR) is 94.5 cm³/mol. The van der Waals surface area contributed by atoms with Crippen molar-refractivity contribution in [2.45, 2.75) is 38.5 Å². The fraction of sp³-hybridized carbons (Fsp3) is 0.500. The summed E-state index contributed by atoms with van der Waals surface area (Å²) in [5, 5.41) is 6.88. The van der Waals surface area contributed by atoms with E-state index in [1.54, 1.807) is 0 Å². The Labute approximate surface area is 137 Å². The molecule has 1 aromatic carbocycles. The molecular formula is C18H25N5. The van der Waals surface area contributed by atoms with Crippen LogP contribution in [0, 0.1) is 0 Å². The van der Waals surface area contributed by atoms with Gasteiger partial charge in [-0.2, -0.15) is 5.10 Å². The molecule has 2 aromatic rings. The quantitative estimate of drug-likeness (QED) is 0.798. The van der Waals surface area contributed by atoms with Gasteiger partial charge in [-0.05, 0) is 38.4 Å². The van der Waals surface area contributed by atoms with Gasteiger partial charge in [-0.25, -0.2) is 4.98 Å². The molecule has 1 atom stereocenters. The van der Waals surface area contributed by atoms with E-state index in [9.17, 15) is 0 Å². The highest BCUT2D eigenvalue weighted by atomic mass is 15.5. The average molecular weight is 311 g/mol. The Morgan fingerprint density at radius 1 is 1.13 bits per heavy atom. The van der Waals surface area contributed by atoms with Crippen LogP contribution >= 0.6 is 0 Å². The van der Waals surface area contributed by atoms with Crippen LogP contribution in [0.5, 0.6) is 0 Å². The third kappa shape index (κ3) is 3.85. The lowest BCUT2D eigenvalue weighted by Gasteiger charge is -2.15. The lowest BCUT2D eigenvalue weighted by Crippen LogP contribution is -2.20. The minimum atomic E-state index is 0.260. The number of fused-ring (bicyclic) bond motifs is 1. The first-order valence-corrected chi connectivity index (χ1v) is 8.49. The smallest absolute Gasteiger partial charge is 0.0890 e. The zero-order valence-electron chi connectivity index (χ0n) is 13.8. The van der Waals surface area contributed by atoms with Crippen molar-refractivity contribution in [3.05, 3.63) is 36.2 Å². The number of hydrogen-bond acceptors (Lipinski definition) is 5. The average Bonchev–Trinajstić information content (AvgIpc) is 2.95. The van der Waals surface area contributed by atoms with Crippen LogP contribution in [0.25, 0.3) is 11.0 Å². The number of aromatic nitrogens is 2. The molecule has 0 radical (unpaired) electrons. The first kappa shape index (κ1) is 15.9. The molecule has 5 nitrogen and oxygen atoms in total. The number of rotatable bonds is 7. The van der Waals surface area contributed by atoms with Crippen LogP contribution in [0.3, 0.4) is 0 Å². The Morgan fingerprint density at radius 2 is 1.91 bits per heavy atom. The number of hydrazone groups is 1. The molecule has 0 spiro atoms. The first-order chi connectivity index (χ1) is 11.3. The Morgan fingerprint density at radius 3 is 2.74 bits per heavy atom. The Kier molecular flexibility index (Phi) is 5.18. The standard InChI is InChI=1S/C18H25N5/c1-14-15(13-23(22-14)11-7-3-2-6-10-19)18-12-20-16-8-4-5-9-17(16)21-18/h4-5,8-9,12,15H,2-3,6-7,10-11,13,19H2,1H3. The topological polar surface area (TPSA) is 67.4 Å². The van der Waals surface area contributed by atoms with Gasteiger partial charge in [0.2, 0.25) is 0 Å². The van der Waals surface area contributed by atoms with E-state index in [1.165, 1.54) is 19.3 Å². The molecule has 0 saturated heterocycles. The fourth-order valence-electron chi connectivity index (χ4n) is 3.06. The van der Waals surface area contributed by atoms with Gasteiger partial charge >= 0.3 is 0 Å². The van der Waals surface area contributed by atoms with E-state index in [1.807, 2.05) is 30.5 Å². The highest BCUT2D eigenvalue weighted by Gasteiger charge is 2.26. The van der Waals surface area contributed by atoms with Gasteiger partial charge in [-0.15, -0.1) is 0 Å². The highest BCUT2D eigenvalue weighted by Crippen LogP contribution is 2.24. The van der Waals surface area contributed by atoms with Crippen LogP contribution in [-0.4, -0.2) is 40.3 Å². The van der Waals surface area contributed by atoms with E-state index < -0.39 is 0 Å². The molecule has 0 amide bonds. The van der Waals surface area contributed by atoms with Crippen LogP contribution < -0.4 is 5.73 Å². The summed E-state index contributed by atoms with van der Waals surface area (Å²) in [6, 6.07) is 8.01.